The fraction of sp³-hybridized carbons (Fsp3) is 0.167. The first kappa shape index (κ1) is 21.6. The molecule has 0 aliphatic carbocycles. The van der Waals surface area contributed by atoms with E-state index in [0.717, 1.165) is 16.5 Å². The molecule has 0 atom stereocenters. The molecule has 1 aromatic heterocycles. The van der Waals surface area contributed by atoms with Gasteiger partial charge >= 0.3 is 0 Å². The Kier molecular flexibility index (Phi) is 6.81. The van der Waals surface area contributed by atoms with E-state index in [1.54, 1.807) is 12.1 Å². The summed E-state index contributed by atoms with van der Waals surface area (Å²) in [5, 5.41) is 17.0. The van der Waals surface area contributed by atoms with Crippen molar-refractivity contribution in [2.45, 2.75) is 25.2 Å². The van der Waals surface area contributed by atoms with Crippen molar-refractivity contribution in [3.05, 3.63) is 84.2 Å². The summed E-state index contributed by atoms with van der Waals surface area (Å²) in [7, 11) is 0. The molecule has 0 radical (unpaired) electrons. The molecule has 0 spiro atoms. The van der Waals surface area contributed by atoms with E-state index in [-0.39, 0.29) is 24.1 Å². The molecule has 0 aliphatic heterocycles. The summed E-state index contributed by atoms with van der Waals surface area (Å²) in [6.45, 7) is 2.88. The lowest BCUT2D eigenvalue weighted by atomic mass is 10.1. The first-order chi connectivity index (χ1) is 15.6. The number of carbonyl (C=O) groups excluding carboxylic acids is 2. The lowest BCUT2D eigenvalue weighted by Gasteiger charge is -2.09. The van der Waals surface area contributed by atoms with E-state index >= 15 is 0 Å². The van der Waals surface area contributed by atoms with Crippen LogP contribution in [0.1, 0.15) is 23.1 Å². The van der Waals surface area contributed by atoms with Gasteiger partial charge in [0.15, 0.2) is 11.0 Å². The third-order valence-corrected chi connectivity index (χ3v) is 5.89. The molecule has 1 heterocycles. The minimum atomic E-state index is -0.166. The minimum Gasteiger partial charge on any atom is -0.345 e. The highest BCUT2D eigenvalue weighted by molar-refractivity contribution is 7.99. The van der Waals surface area contributed by atoms with Crippen molar-refractivity contribution in [2.75, 3.05) is 11.1 Å². The number of rotatable bonds is 8. The maximum absolute atomic E-state index is 12.5. The number of benzene rings is 3. The highest BCUT2D eigenvalue weighted by atomic mass is 32.2. The van der Waals surface area contributed by atoms with Crippen molar-refractivity contribution in [3.8, 4) is 0 Å². The number of fused-ring (bicyclic) bond motifs is 1. The van der Waals surface area contributed by atoms with Crippen LogP contribution in [-0.2, 0) is 17.9 Å². The number of hydrogen-bond acceptors (Lipinski definition) is 5. The van der Waals surface area contributed by atoms with E-state index < -0.39 is 0 Å². The molecule has 4 aromatic rings. The quantitative estimate of drug-likeness (QED) is 0.399. The standard InChI is InChI=1S/C24H23N5O2S/c1-2-29-21(15-25-23(31)18-9-4-3-5-10-18)27-28-24(29)32-16-22(30)26-20-13-12-17-8-6-7-11-19(17)14-20/h3-14H,2,15-16H2,1H3,(H,25,31)(H,26,30). The number of thioether (sulfide) groups is 1. The van der Waals surface area contributed by atoms with E-state index in [2.05, 4.69) is 20.8 Å². The van der Waals surface area contributed by atoms with Crippen LogP contribution in [-0.4, -0.2) is 32.3 Å². The number of hydrogen-bond donors (Lipinski definition) is 2. The highest BCUT2D eigenvalue weighted by Gasteiger charge is 2.14. The molecule has 0 aliphatic rings. The molecule has 2 amide bonds. The molecular weight excluding hydrogens is 422 g/mol. The van der Waals surface area contributed by atoms with Crippen molar-refractivity contribution >= 4 is 40.0 Å². The molecule has 7 nitrogen and oxygen atoms in total. The molecular formula is C24H23N5O2S. The zero-order valence-electron chi connectivity index (χ0n) is 17.6. The van der Waals surface area contributed by atoms with Crippen molar-refractivity contribution in [1.29, 1.82) is 0 Å². The lowest BCUT2D eigenvalue weighted by molar-refractivity contribution is -0.113. The van der Waals surface area contributed by atoms with Crippen LogP contribution in [0.15, 0.2) is 78.0 Å². The van der Waals surface area contributed by atoms with Crippen LogP contribution in [0.4, 0.5) is 5.69 Å². The Labute approximate surface area is 190 Å². The summed E-state index contributed by atoms with van der Waals surface area (Å²) < 4.78 is 1.90. The molecule has 4 rings (SSSR count). The molecule has 8 heteroatoms. The van der Waals surface area contributed by atoms with Crippen molar-refractivity contribution in [2.24, 2.45) is 0 Å². The average Bonchev–Trinajstić information content (AvgIpc) is 3.23. The maximum Gasteiger partial charge on any atom is 0.251 e. The van der Waals surface area contributed by atoms with Gasteiger partial charge in [-0.2, -0.15) is 0 Å². The second kappa shape index (κ2) is 10.1. The molecule has 0 saturated heterocycles. The Morgan fingerprint density at radius 1 is 0.938 bits per heavy atom. The monoisotopic (exact) mass is 445 g/mol. The molecule has 0 bridgehead atoms. The summed E-state index contributed by atoms with van der Waals surface area (Å²) in [6.07, 6.45) is 0. The molecule has 3 aromatic carbocycles. The van der Waals surface area contributed by atoms with Crippen molar-refractivity contribution < 1.29 is 9.59 Å². The molecule has 0 saturated carbocycles. The van der Waals surface area contributed by atoms with E-state index in [0.29, 0.717) is 23.1 Å². The number of anilines is 1. The number of nitrogens with one attached hydrogen (secondary N) is 2. The summed E-state index contributed by atoms with van der Waals surface area (Å²) in [6, 6.07) is 22.9. The van der Waals surface area contributed by atoms with Gasteiger partial charge in [0, 0.05) is 17.8 Å². The second-order valence-corrected chi connectivity index (χ2v) is 8.03. The Morgan fingerprint density at radius 3 is 2.47 bits per heavy atom. The Morgan fingerprint density at radius 2 is 1.69 bits per heavy atom. The van der Waals surface area contributed by atoms with Crippen LogP contribution in [0.2, 0.25) is 0 Å². The highest BCUT2D eigenvalue weighted by Crippen LogP contribution is 2.21. The van der Waals surface area contributed by atoms with Gasteiger partial charge in [0.2, 0.25) is 5.91 Å². The summed E-state index contributed by atoms with van der Waals surface area (Å²) in [4.78, 5) is 24.7. The predicted octanol–water partition coefficient (Wildman–Crippen LogP) is 4.11. The number of aromatic nitrogens is 3. The SMILES string of the molecule is CCn1c(CNC(=O)c2ccccc2)nnc1SCC(=O)Nc1ccc2ccccc2c1. The molecule has 2 N–H and O–H groups in total. The minimum absolute atomic E-state index is 0.116. The van der Waals surface area contributed by atoms with Crippen LogP contribution in [0.5, 0.6) is 0 Å². The number of carbonyl (C=O) groups is 2. The van der Waals surface area contributed by atoms with Gasteiger partial charge in [-0.05, 0) is 42.0 Å². The number of amides is 2. The summed E-state index contributed by atoms with van der Waals surface area (Å²) >= 11 is 1.32. The normalized spacial score (nSPS) is 10.8. The van der Waals surface area contributed by atoms with Crippen LogP contribution >= 0.6 is 11.8 Å². The molecule has 0 unspecified atom stereocenters. The van der Waals surface area contributed by atoms with Gasteiger partial charge in [-0.25, -0.2) is 0 Å². The van der Waals surface area contributed by atoms with Crippen molar-refractivity contribution in [1.82, 2.24) is 20.1 Å². The zero-order chi connectivity index (χ0) is 22.3. The molecule has 32 heavy (non-hydrogen) atoms. The first-order valence-corrected chi connectivity index (χ1v) is 11.3. The fourth-order valence-corrected chi connectivity index (χ4v) is 4.14. The number of nitrogens with zero attached hydrogens (tertiary/aromatic N) is 3. The Hall–Kier alpha value is -3.65. The molecule has 0 fully saturated rings. The summed E-state index contributed by atoms with van der Waals surface area (Å²) in [5.41, 5.74) is 1.35. The van der Waals surface area contributed by atoms with Crippen molar-refractivity contribution in [3.63, 3.8) is 0 Å². The van der Waals surface area contributed by atoms with E-state index in [4.69, 9.17) is 0 Å². The average molecular weight is 446 g/mol. The third-order valence-electron chi connectivity index (χ3n) is 4.92. The van der Waals surface area contributed by atoms with Gasteiger partial charge in [0.1, 0.15) is 0 Å². The fourth-order valence-electron chi connectivity index (χ4n) is 3.32. The first-order valence-electron chi connectivity index (χ1n) is 10.3. The van der Waals surface area contributed by atoms with Crippen LogP contribution in [0.25, 0.3) is 10.8 Å². The largest absolute Gasteiger partial charge is 0.345 e. The zero-order valence-corrected chi connectivity index (χ0v) is 18.4. The van der Waals surface area contributed by atoms with E-state index in [1.807, 2.05) is 72.2 Å². The third kappa shape index (κ3) is 5.15. The van der Waals surface area contributed by atoms with Crippen LogP contribution in [0, 0.1) is 0 Å². The van der Waals surface area contributed by atoms with Gasteiger partial charge in [-0.15, -0.1) is 10.2 Å². The molecule has 162 valence electrons. The van der Waals surface area contributed by atoms with Gasteiger partial charge < -0.3 is 15.2 Å². The van der Waals surface area contributed by atoms with Crippen LogP contribution < -0.4 is 10.6 Å². The summed E-state index contributed by atoms with van der Waals surface area (Å²) in [5.74, 6) is 0.575. The predicted molar refractivity (Wildman–Crippen MR) is 127 cm³/mol. The van der Waals surface area contributed by atoms with E-state index in [9.17, 15) is 9.59 Å². The van der Waals surface area contributed by atoms with E-state index in [1.165, 1.54) is 11.8 Å². The van der Waals surface area contributed by atoms with Gasteiger partial charge in [-0.3, -0.25) is 9.59 Å². The maximum atomic E-state index is 12.5. The lowest BCUT2D eigenvalue weighted by Crippen LogP contribution is -2.24. The van der Waals surface area contributed by atoms with Crippen LogP contribution in [0.3, 0.4) is 0 Å². The second-order valence-electron chi connectivity index (χ2n) is 7.09. The Balaban J connectivity index is 1.34. The van der Waals surface area contributed by atoms with Gasteiger partial charge in [0.25, 0.3) is 5.91 Å². The van der Waals surface area contributed by atoms with Gasteiger partial charge in [0.05, 0.1) is 12.3 Å². The smallest absolute Gasteiger partial charge is 0.251 e. The van der Waals surface area contributed by atoms with Gasteiger partial charge in [-0.1, -0.05) is 60.3 Å². The topological polar surface area (TPSA) is 88.9 Å². The Bertz CT molecular complexity index is 1240.